The minimum absolute atomic E-state index is 0.0130. The first-order valence-corrected chi connectivity index (χ1v) is 10.9. The fourth-order valence-corrected chi connectivity index (χ4v) is 3.94. The number of carboxylic acid groups (broad SMARTS) is 1. The number of carbonyl (C=O) groups is 4. The predicted molar refractivity (Wildman–Crippen MR) is 132 cm³/mol. The number of hydrogen-bond donors (Lipinski definition) is 1. The standard InChI is InChI=1S/C29H21NO5/c31-25(21-13-5-1-6-14-21)29(28(34)35,26(32)22-15-7-2-8-16-22)30(24-19-11-4-12-20-24)27(33)23-17-9-3-10-18-23/h1-20H,(H,34,35). The van der Waals surface area contributed by atoms with Gasteiger partial charge in [0.15, 0.2) is 0 Å². The maximum Gasteiger partial charge on any atom is 0.346 e. The molecule has 6 heteroatoms. The predicted octanol–water partition coefficient (Wildman–Crippen LogP) is 4.92. The third kappa shape index (κ3) is 4.25. The maximum atomic E-state index is 14.1. The van der Waals surface area contributed by atoms with Gasteiger partial charge in [-0.15, -0.1) is 0 Å². The van der Waals surface area contributed by atoms with Crippen molar-refractivity contribution in [2.75, 3.05) is 4.90 Å². The van der Waals surface area contributed by atoms with Crippen LogP contribution in [0.2, 0.25) is 0 Å². The average molecular weight is 463 g/mol. The number of aliphatic carboxylic acids is 1. The van der Waals surface area contributed by atoms with Gasteiger partial charge >= 0.3 is 5.97 Å². The molecule has 4 rings (SSSR count). The second-order valence-corrected chi connectivity index (χ2v) is 7.75. The van der Waals surface area contributed by atoms with Crippen LogP contribution in [0.1, 0.15) is 31.1 Å². The Morgan fingerprint density at radius 3 is 1.23 bits per heavy atom. The Bertz CT molecular complexity index is 1300. The van der Waals surface area contributed by atoms with Gasteiger partial charge in [-0.1, -0.05) is 97.1 Å². The summed E-state index contributed by atoms with van der Waals surface area (Å²) in [6.45, 7) is 0. The molecular weight excluding hydrogens is 442 g/mol. The van der Waals surface area contributed by atoms with Gasteiger partial charge in [-0.25, -0.2) is 4.79 Å². The van der Waals surface area contributed by atoms with Crippen LogP contribution < -0.4 is 4.90 Å². The molecule has 0 heterocycles. The maximum absolute atomic E-state index is 14.1. The summed E-state index contributed by atoms with van der Waals surface area (Å²) in [6.07, 6.45) is 0. The van der Waals surface area contributed by atoms with E-state index < -0.39 is 29.0 Å². The van der Waals surface area contributed by atoms with E-state index in [9.17, 15) is 24.3 Å². The van der Waals surface area contributed by atoms with E-state index in [2.05, 4.69) is 0 Å². The quantitative estimate of drug-likeness (QED) is 0.296. The molecule has 0 saturated carbocycles. The molecule has 0 radical (unpaired) electrons. The van der Waals surface area contributed by atoms with E-state index in [4.69, 9.17) is 0 Å². The number of carboxylic acids is 1. The molecule has 1 amide bonds. The summed E-state index contributed by atoms with van der Waals surface area (Å²) in [4.78, 5) is 56.0. The SMILES string of the molecule is O=C(c1ccccc1)N(c1ccccc1)C(C(=O)O)(C(=O)c1ccccc1)C(=O)c1ccccc1. The third-order valence-corrected chi connectivity index (χ3v) is 5.61. The number of para-hydroxylation sites is 1. The van der Waals surface area contributed by atoms with Crippen LogP contribution in [0.25, 0.3) is 0 Å². The summed E-state index contributed by atoms with van der Waals surface area (Å²) in [5.41, 5.74) is -2.71. The van der Waals surface area contributed by atoms with Crippen LogP contribution in [0.15, 0.2) is 121 Å². The lowest BCUT2D eigenvalue weighted by molar-refractivity contribution is -0.139. The molecule has 0 spiro atoms. The molecule has 0 aromatic heterocycles. The molecule has 0 saturated heterocycles. The van der Waals surface area contributed by atoms with E-state index in [1.807, 2.05) is 0 Å². The van der Waals surface area contributed by atoms with Crippen molar-refractivity contribution in [1.82, 2.24) is 0 Å². The van der Waals surface area contributed by atoms with E-state index in [1.165, 1.54) is 48.5 Å². The number of rotatable bonds is 8. The molecule has 0 bridgehead atoms. The lowest BCUT2D eigenvalue weighted by Crippen LogP contribution is -2.67. The van der Waals surface area contributed by atoms with Crippen molar-refractivity contribution in [3.63, 3.8) is 0 Å². The minimum atomic E-state index is -2.91. The number of anilines is 1. The van der Waals surface area contributed by atoms with E-state index in [-0.39, 0.29) is 22.4 Å². The van der Waals surface area contributed by atoms with Crippen LogP contribution in [0.4, 0.5) is 5.69 Å². The highest BCUT2D eigenvalue weighted by Gasteiger charge is 2.60. The number of nitrogens with zero attached hydrogens (tertiary/aromatic N) is 1. The van der Waals surface area contributed by atoms with Crippen molar-refractivity contribution in [3.8, 4) is 0 Å². The summed E-state index contributed by atoms with van der Waals surface area (Å²) in [5, 5.41) is 10.7. The first-order chi connectivity index (χ1) is 17.0. The van der Waals surface area contributed by atoms with Crippen molar-refractivity contribution in [3.05, 3.63) is 138 Å². The second-order valence-electron chi connectivity index (χ2n) is 7.75. The minimum Gasteiger partial charge on any atom is -0.479 e. The molecule has 172 valence electrons. The van der Waals surface area contributed by atoms with Gasteiger partial charge in [0.05, 0.1) is 0 Å². The summed E-state index contributed by atoms with van der Waals surface area (Å²) >= 11 is 0. The zero-order valence-corrected chi connectivity index (χ0v) is 18.6. The third-order valence-electron chi connectivity index (χ3n) is 5.61. The van der Waals surface area contributed by atoms with Crippen LogP contribution in [0, 0.1) is 0 Å². The molecule has 0 unspecified atom stereocenters. The molecule has 1 N–H and O–H groups in total. The van der Waals surface area contributed by atoms with Gasteiger partial charge in [-0.05, 0) is 24.3 Å². The molecular formula is C29H21NO5. The van der Waals surface area contributed by atoms with Crippen LogP contribution in [0.3, 0.4) is 0 Å². The monoisotopic (exact) mass is 463 g/mol. The van der Waals surface area contributed by atoms with Crippen molar-refractivity contribution in [2.24, 2.45) is 0 Å². The Morgan fingerprint density at radius 2 is 0.857 bits per heavy atom. The summed E-state index contributed by atoms with van der Waals surface area (Å²) in [7, 11) is 0. The van der Waals surface area contributed by atoms with Gasteiger partial charge in [0.1, 0.15) is 0 Å². The Balaban J connectivity index is 2.07. The van der Waals surface area contributed by atoms with E-state index in [0.717, 1.165) is 4.90 Å². The molecule has 0 aliphatic carbocycles. The van der Waals surface area contributed by atoms with E-state index >= 15 is 0 Å². The lowest BCUT2D eigenvalue weighted by Gasteiger charge is -2.38. The number of benzene rings is 4. The molecule has 0 fully saturated rings. The first kappa shape index (κ1) is 23.3. The van der Waals surface area contributed by atoms with Gasteiger partial charge in [0.25, 0.3) is 11.4 Å². The van der Waals surface area contributed by atoms with E-state index in [0.29, 0.717) is 0 Å². The Labute approximate surface area is 202 Å². The number of amides is 1. The molecule has 0 aliphatic rings. The number of ketones is 2. The Hall–Kier alpha value is -4.84. The number of Topliss-reactive ketones (excluding diaryl/α,β-unsaturated/α-hetero) is 2. The highest BCUT2D eigenvalue weighted by molar-refractivity contribution is 6.40. The van der Waals surface area contributed by atoms with Gasteiger partial charge in [0, 0.05) is 22.4 Å². The van der Waals surface area contributed by atoms with E-state index in [1.54, 1.807) is 72.8 Å². The molecule has 0 aliphatic heterocycles. The van der Waals surface area contributed by atoms with Crippen LogP contribution in [-0.4, -0.2) is 34.1 Å². The highest BCUT2D eigenvalue weighted by Crippen LogP contribution is 2.33. The fraction of sp³-hybridized carbons (Fsp3) is 0.0345. The Kier molecular flexibility index (Phi) is 6.64. The zero-order valence-electron chi connectivity index (χ0n) is 18.6. The lowest BCUT2D eigenvalue weighted by atomic mass is 9.79. The first-order valence-electron chi connectivity index (χ1n) is 10.9. The molecule has 0 atom stereocenters. The number of hydrogen-bond acceptors (Lipinski definition) is 4. The van der Waals surface area contributed by atoms with Crippen molar-refractivity contribution in [1.29, 1.82) is 0 Å². The smallest absolute Gasteiger partial charge is 0.346 e. The molecule has 6 nitrogen and oxygen atoms in total. The van der Waals surface area contributed by atoms with Crippen molar-refractivity contribution < 1.29 is 24.3 Å². The Morgan fingerprint density at radius 1 is 0.514 bits per heavy atom. The topological polar surface area (TPSA) is 91.8 Å². The van der Waals surface area contributed by atoms with Crippen molar-refractivity contribution >= 4 is 29.1 Å². The van der Waals surface area contributed by atoms with Crippen molar-refractivity contribution in [2.45, 2.75) is 5.54 Å². The normalized spacial score (nSPS) is 10.9. The fourth-order valence-electron chi connectivity index (χ4n) is 3.94. The largest absolute Gasteiger partial charge is 0.479 e. The number of carbonyl (C=O) groups excluding carboxylic acids is 3. The van der Waals surface area contributed by atoms with Crippen LogP contribution in [-0.2, 0) is 4.79 Å². The van der Waals surface area contributed by atoms with Crippen LogP contribution in [0.5, 0.6) is 0 Å². The average Bonchev–Trinajstić information content (AvgIpc) is 2.92. The summed E-state index contributed by atoms with van der Waals surface area (Å²) in [5.74, 6) is -4.60. The van der Waals surface area contributed by atoms with Gasteiger partial charge in [0.2, 0.25) is 11.6 Å². The zero-order chi connectivity index (χ0) is 24.8. The summed E-state index contributed by atoms with van der Waals surface area (Å²) < 4.78 is 0. The molecule has 4 aromatic carbocycles. The van der Waals surface area contributed by atoms with Crippen LogP contribution >= 0.6 is 0 Å². The second kappa shape index (κ2) is 9.97. The summed E-state index contributed by atoms with van der Waals surface area (Å²) in [6, 6.07) is 31.2. The van der Waals surface area contributed by atoms with Gasteiger partial charge < -0.3 is 5.11 Å². The van der Waals surface area contributed by atoms with Gasteiger partial charge in [-0.2, -0.15) is 0 Å². The highest BCUT2D eigenvalue weighted by atomic mass is 16.4. The molecule has 35 heavy (non-hydrogen) atoms. The molecule has 4 aromatic rings. The van der Waals surface area contributed by atoms with Gasteiger partial charge in [-0.3, -0.25) is 19.3 Å².